The lowest BCUT2D eigenvalue weighted by molar-refractivity contribution is -0.123. The molecular weight excluding hydrogens is 472 g/mol. The summed E-state index contributed by atoms with van der Waals surface area (Å²) >= 11 is 13.0. The van der Waals surface area contributed by atoms with Crippen LogP contribution >= 0.6 is 35.0 Å². The summed E-state index contributed by atoms with van der Waals surface area (Å²) in [6.45, 7) is 0.294. The lowest BCUT2D eigenvalue weighted by atomic mass is 10.1. The van der Waals surface area contributed by atoms with Crippen molar-refractivity contribution >= 4 is 52.2 Å². The minimum atomic E-state index is -0.403. The summed E-state index contributed by atoms with van der Waals surface area (Å²) in [6.07, 6.45) is 1.63. The van der Waals surface area contributed by atoms with E-state index < -0.39 is 5.91 Å². The Labute approximate surface area is 198 Å². The van der Waals surface area contributed by atoms with Crippen LogP contribution in [0.25, 0.3) is 6.08 Å². The van der Waals surface area contributed by atoms with Crippen molar-refractivity contribution in [2.75, 3.05) is 0 Å². The van der Waals surface area contributed by atoms with Crippen LogP contribution in [0.15, 0.2) is 71.6 Å². The Kier molecular flexibility index (Phi) is 6.84. The molecule has 0 aromatic heterocycles. The van der Waals surface area contributed by atoms with Gasteiger partial charge in [0, 0.05) is 15.6 Å². The molecular formula is C24H16Cl2FNO3S. The van der Waals surface area contributed by atoms with Gasteiger partial charge in [-0.15, -0.1) is 0 Å². The van der Waals surface area contributed by atoms with E-state index in [2.05, 4.69) is 0 Å². The van der Waals surface area contributed by atoms with E-state index in [0.717, 1.165) is 22.2 Å². The van der Waals surface area contributed by atoms with Gasteiger partial charge in [-0.05, 0) is 59.3 Å². The van der Waals surface area contributed by atoms with Crippen molar-refractivity contribution < 1.29 is 18.7 Å². The van der Waals surface area contributed by atoms with Gasteiger partial charge in [-0.3, -0.25) is 14.5 Å². The summed E-state index contributed by atoms with van der Waals surface area (Å²) < 4.78 is 19.0. The molecule has 0 unspecified atom stereocenters. The van der Waals surface area contributed by atoms with E-state index in [1.165, 1.54) is 12.1 Å². The van der Waals surface area contributed by atoms with Crippen LogP contribution in [0.4, 0.5) is 9.18 Å². The van der Waals surface area contributed by atoms with E-state index in [4.69, 9.17) is 27.9 Å². The highest BCUT2D eigenvalue weighted by molar-refractivity contribution is 8.18. The molecule has 8 heteroatoms. The van der Waals surface area contributed by atoms with Crippen LogP contribution in [0.1, 0.15) is 16.7 Å². The Morgan fingerprint density at radius 2 is 1.75 bits per heavy atom. The molecule has 0 atom stereocenters. The zero-order chi connectivity index (χ0) is 22.7. The molecule has 1 aliphatic heterocycles. The Balaban J connectivity index is 1.52. The topological polar surface area (TPSA) is 46.6 Å². The fourth-order valence-electron chi connectivity index (χ4n) is 3.07. The summed E-state index contributed by atoms with van der Waals surface area (Å²) in [5.74, 6) is -0.173. The van der Waals surface area contributed by atoms with Gasteiger partial charge in [0.15, 0.2) is 0 Å². The standard InChI is InChI=1S/C24H16Cl2FNO3S/c25-18-8-7-17(20(26)12-18)13-28-23(29)22(32-24(28)30)11-16-3-1-2-4-21(16)31-14-15-5-9-19(27)10-6-15/h1-12H,13-14H2/b22-11-. The number of benzene rings is 3. The number of carbonyl (C=O) groups excluding carboxylic acids is 2. The SMILES string of the molecule is O=C1S/C(=C\c2ccccc2OCc2ccc(F)cc2)C(=O)N1Cc1ccc(Cl)cc1Cl. The number of hydrogen-bond acceptors (Lipinski definition) is 4. The number of rotatable bonds is 6. The van der Waals surface area contributed by atoms with E-state index in [-0.39, 0.29) is 29.1 Å². The second kappa shape index (κ2) is 9.77. The molecule has 1 fully saturated rings. The van der Waals surface area contributed by atoms with Crippen molar-refractivity contribution in [1.82, 2.24) is 4.90 Å². The molecule has 32 heavy (non-hydrogen) atoms. The van der Waals surface area contributed by atoms with Crippen LogP contribution in [-0.2, 0) is 17.9 Å². The van der Waals surface area contributed by atoms with Gasteiger partial charge in [-0.2, -0.15) is 0 Å². The minimum Gasteiger partial charge on any atom is -0.488 e. The van der Waals surface area contributed by atoms with Gasteiger partial charge in [0.25, 0.3) is 11.1 Å². The Morgan fingerprint density at radius 1 is 1.00 bits per heavy atom. The molecule has 0 saturated carbocycles. The number of halogens is 3. The Hall–Kier alpha value is -2.80. The van der Waals surface area contributed by atoms with Gasteiger partial charge in [0.05, 0.1) is 11.4 Å². The third-order valence-corrected chi connectivity index (χ3v) is 6.22. The molecule has 1 saturated heterocycles. The van der Waals surface area contributed by atoms with Crippen molar-refractivity contribution in [2.24, 2.45) is 0 Å². The summed E-state index contributed by atoms with van der Waals surface area (Å²) in [4.78, 5) is 26.8. The zero-order valence-electron chi connectivity index (χ0n) is 16.6. The Bertz CT molecular complexity index is 1210. The molecule has 0 spiro atoms. The summed E-state index contributed by atoms with van der Waals surface area (Å²) in [7, 11) is 0. The van der Waals surface area contributed by atoms with Crippen molar-refractivity contribution in [3.63, 3.8) is 0 Å². The third-order valence-electron chi connectivity index (χ3n) is 4.73. The second-order valence-corrected chi connectivity index (χ2v) is 8.79. The van der Waals surface area contributed by atoms with Crippen LogP contribution in [0.5, 0.6) is 5.75 Å². The van der Waals surface area contributed by atoms with E-state index >= 15 is 0 Å². The predicted octanol–water partition coefficient (Wildman–Crippen LogP) is 6.95. The molecule has 0 bridgehead atoms. The molecule has 162 valence electrons. The molecule has 4 nitrogen and oxygen atoms in total. The van der Waals surface area contributed by atoms with Gasteiger partial charge in [-0.25, -0.2) is 4.39 Å². The minimum absolute atomic E-state index is 0.0563. The molecule has 2 amide bonds. The highest BCUT2D eigenvalue weighted by atomic mass is 35.5. The quantitative estimate of drug-likeness (QED) is 0.353. The number of amides is 2. The number of hydrogen-bond donors (Lipinski definition) is 0. The van der Waals surface area contributed by atoms with Crippen LogP contribution in [0.3, 0.4) is 0 Å². The first-order valence-electron chi connectivity index (χ1n) is 9.56. The largest absolute Gasteiger partial charge is 0.488 e. The smallest absolute Gasteiger partial charge is 0.293 e. The Morgan fingerprint density at radius 3 is 2.50 bits per heavy atom. The molecule has 1 aliphatic rings. The first-order valence-corrected chi connectivity index (χ1v) is 11.1. The molecule has 1 heterocycles. The average molecular weight is 488 g/mol. The van der Waals surface area contributed by atoms with E-state index in [1.807, 2.05) is 12.1 Å². The number of carbonyl (C=O) groups is 2. The first-order chi connectivity index (χ1) is 15.4. The molecule has 0 radical (unpaired) electrons. The van der Waals surface area contributed by atoms with E-state index in [9.17, 15) is 14.0 Å². The van der Waals surface area contributed by atoms with E-state index in [0.29, 0.717) is 26.9 Å². The molecule has 3 aromatic rings. The van der Waals surface area contributed by atoms with Crippen LogP contribution in [0, 0.1) is 5.82 Å². The van der Waals surface area contributed by atoms with Gasteiger partial charge in [0.2, 0.25) is 0 Å². The average Bonchev–Trinajstić information content (AvgIpc) is 3.03. The lowest BCUT2D eigenvalue weighted by Crippen LogP contribution is -2.27. The van der Waals surface area contributed by atoms with Gasteiger partial charge in [-0.1, -0.05) is 59.6 Å². The monoisotopic (exact) mass is 487 g/mol. The van der Waals surface area contributed by atoms with E-state index in [1.54, 1.807) is 48.5 Å². The molecule has 4 rings (SSSR count). The number of imide groups is 1. The number of nitrogens with zero attached hydrogens (tertiary/aromatic N) is 1. The van der Waals surface area contributed by atoms with Gasteiger partial charge in [0.1, 0.15) is 18.2 Å². The number of ether oxygens (including phenoxy) is 1. The van der Waals surface area contributed by atoms with Crippen LogP contribution in [0.2, 0.25) is 10.0 Å². The second-order valence-electron chi connectivity index (χ2n) is 6.96. The summed E-state index contributed by atoms with van der Waals surface area (Å²) in [6, 6.07) is 18.1. The maximum Gasteiger partial charge on any atom is 0.293 e. The fourth-order valence-corrected chi connectivity index (χ4v) is 4.37. The van der Waals surface area contributed by atoms with Crippen molar-refractivity contribution in [3.05, 3.63) is 104 Å². The molecule has 0 aliphatic carbocycles. The molecule has 0 N–H and O–H groups in total. The van der Waals surface area contributed by atoms with Crippen molar-refractivity contribution in [3.8, 4) is 5.75 Å². The van der Waals surface area contributed by atoms with Crippen molar-refractivity contribution in [1.29, 1.82) is 0 Å². The number of thioether (sulfide) groups is 1. The van der Waals surface area contributed by atoms with Crippen LogP contribution < -0.4 is 4.74 Å². The van der Waals surface area contributed by atoms with Crippen molar-refractivity contribution in [2.45, 2.75) is 13.2 Å². The first kappa shape index (κ1) is 22.4. The van der Waals surface area contributed by atoms with Gasteiger partial charge >= 0.3 is 0 Å². The highest BCUT2D eigenvalue weighted by Gasteiger charge is 2.35. The highest BCUT2D eigenvalue weighted by Crippen LogP contribution is 2.36. The summed E-state index contributed by atoms with van der Waals surface area (Å²) in [5.41, 5.74) is 2.09. The predicted molar refractivity (Wildman–Crippen MR) is 125 cm³/mol. The lowest BCUT2D eigenvalue weighted by Gasteiger charge is -2.14. The van der Waals surface area contributed by atoms with Gasteiger partial charge < -0.3 is 4.74 Å². The summed E-state index contributed by atoms with van der Waals surface area (Å²) in [5, 5.41) is 0.488. The van der Waals surface area contributed by atoms with Crippen LogP contribution in [-0.4, -0.2) is 16.0 Å². The zero-order valence-corrected chi connectivity index (χ0v) is 18.9. The number of para-hydroxylation sites is 1. The third kappa shape index (κ3) is 5.15. The fraction of sp³-hybridized carbons (Fsp3) is 0.0833. The maximum absolute atomic E-state index is 13.1. The maximum atomic E-state index is 13.1. The molecule has 3 aromatic carbocycles. The normalized spacial score (nSPS) is 15.0.